The minimum Gasteiger partial charge on any atom is -0.459 e. The summed E-state index contributed by atoms with van der Waals surface area (Å²) in [6.45, 7) is 11.6. The van der Waals surface area contributed by atoms with Gasteiger partial charge >= 0.3 is 5.97 Å². The molecule has 0 aliphatic carbocycles. The molecule has 37 heavy (non-hydrogen) atoms. The number of amides is 1. The zero-order chi connectivity index (χ0) is 27.2. The van der Waals surface area contributed by atoms with Crippen molar-refractivity contribution in [3.05, 3.63) is 36.0 Å². The van der Waals surface area contributed by atoms with Gasteiger partial charge in [0.25, 0.3) is 0 Å². The molecule has 0 radical (unpaired) electrons. The molecule has 1 spiro atoms. The van der Waals surface area contributed by atoms with Crippen LogP contribution in [0.2, 0.25) is 0 Å². The first-order valence-electron chi connectivity index (χ1n) is 13.4. The summed E-state index contributed by atoms with van der Waals surface area (Å²) in [5.41, 5.74) is 1.03. The Hall–Kier alpha value is -2.29. The molecule has 8 nitrogen and oxygen atoms in total. The van der Waals surface area contributed by atoms with Gasteiger partial charge in [0.15, 0.2) is 0 Å². The summed E-state index contributed by atoms with van der Waals surface area (Å²) in [4.78, 5) is 34.9. The van der Waals surface area contributed by atoms with Crippen LogP contribution in [-0.4, -0.2) is 66.4 Å². The van der Waals surface area contributed by atoms with Crippen LogP contribution in [0.1, 0.15) is 73.6 Å². The van der Waals surface area contributed by atoms with Crippen LogP contribution in [0.25, 0.3) is 0 Å². The first-order chi connectivity index (χ1) is 17.4. The van der Waals surface area contributed by atoms with Gasteiger partial charge < -0.3 is 24.3 Å². The second-order valence-electron chi connectivity index (χ2n) is 11.0. The van der Waals surface area contributed by atoms with E-state index in [-0.39, 0.29) is 59.6 Å². The molecule has 1 amide bonds. The largest absolute Gasteiger partial charge is 0.459 e. The Bertz CT molecular complexity index is 919. The first-order valence-corrected chi connectivity index (χ1v) is 13.4. The minimum absolute atomic E-state index is 0.0516. The summed E-state index contributed by atoms with van der Waals surface area (Å²) >= 11 is 0. The third-order valence-corrected chi connectivity index (χ3v) is 7.27. The van der Waals surface area contributed by atoms with Crippen molar-refractivity contribution in [1.82, 2.24) is 5.32 Å². The molecule has 0 saturated carbocycles. The van der Waals surface area contributed by atoms with E-state index in [0.717, 1.165) is 37.9 Å². The fraction of sp³-hybridized carbons (Fsp3) is 0.690. The predicted molar refractivity (Wildman–Crippen MR) is 140 cm³/mol. The van der Waals surface area contributed by atoms with Gasteiger partial charge in [-0.15, -0.1) is 0 Å². The predicted octanol–water partition coefficient (Wildman–Crippen LogP) is 3.98. The summed E-state index contributed by atoms with van der Waals surface area (Å²) < 4.78 is 23.1. The maximum absolute atomic E-state index is 12.3. The molecule has 3 saturated heterocycles. The number of Topliss-reactive ketones (excluding diaryl/α,β-unsaturated/α-hetero) is 1. The summed E-state index contributed by atoms with van der Waals surface area (Å²) in [6.07, 6.45) is 12.4. The van der Waals surface area contributed by atoms with Crippen LogP contribution in [0.4, 0.5) is 0 Å². The Labute approximate surface area is 220 Å². The van der Waals surface area contributed by atoms with Crippen molar-refractivity contribution in [2.24, 2.45) is 5.92 Å². The lowest BCUT2D eigenvalue weighted by atomic mass is 9.88. The van der Waals surface area contributed by atoms with Gasteiger partial charge in [0, 0.05) is 32.3 Å². The average Bonchev–Trinajstić information content (AvgIpc) is 3.54. The van der Waals surface area contributed by atoms with Gasteiger partial charge in [-0.05, 0) is 52.5 Å². The highest BCUT2D eigenvalue weighted by Crippen LogP contribution is 2.43. The Morgan fingerprint density at radius 2 is 1.84 bits per heavy atom. The van der Waals surface area contributed by atoms with E-state index in [4.69, 9.17) is 18.9 Å². The van der Waals surface area contributed by atoms with Crippen molar-refractivity contribution >= 4 is 17.7 Å². The van der Waals surface area contributed by atoms with E-state index in [1.807, 2.05) is 6.92 Å². The third-order valence-electron chi connectivity index (χ3n) is 7.27. The van der Waals surface area contributed by atoms with Crippen LogP contribution in [0.15, 0.2) is 36.0 Å². The smallest absolute Gasteiger partial charge is 0.303 e. The summed E-state index contributed by atoms with van der Waals surface area (Å²) in [5, 5.41) is 3.01. The summed E-state index contributed by atoms with van der Waals surface area (Å²) in [6, 6.07) is -0.0826. The number of epoxide rings is 1. The van der Waals surface area contributed by atoms with Gasteiger partial charge in [-0.3, -0.25) is 14.4 Å². The maximum atomic E-state index is 12.3. The molecule has 3 aliphatic rings. The van der Waals surface area contributed by atoms with Crippen molar-refractivity contribution in [3.63, 3.8) is 0 Å². The standard InChI is InChI=1S/C29H43NO7/c1-18(7-10-24-15-29(17-34-29)16-25(37-24)14-20(3)31)8-11-27-19(2)13-26(22(5)36-27)30-28(33)12-9-21(4)35-23(6)32/h7-10,12,19,21-22,24-27H,11,13-17H2,1-6H3,(H,30,33)/b10-7+,12-9-,18-8+/t19-,21-,22+,24+,25+,26+,27-,29+/m0/s1. The lowest BCUT2D eigenvalue weighted by Crippen LogP contribution is -2.50. The maximum Gasteiger partial charge on any atom is 0.303 e. The Balaban J connectivity index is 1.46. The molecular weight excluding hydrogens is 474 g/mol. The quantitative estimate of drug-likeness (QED) is 0.202. The highest BCUT2D eigenvalue weighted by Gasteiger charge is 2.51. The van der Waals surface area contributed by atoms with E-state index in [1.54, 1.807) is 19.9 Å². The van der Waals surface area contributed by atoms with Crippen LogP contribution in [-0.2, 0) is 33.3 Å². The van der Waals surface area contributed by atoms with E-state index >= 15 is 0 Å². The van der Waals surface area contributed by atoms with Crippen molar-refractivity contribution < 1.29 is 33.3 Å². The zero-order valence-electron chi connectivity index (χ0n) is 23.0. The SMILES string of the molecule is CC(=O)C[C@@H]1C[C@@]2(CO2)C[C@@H](/C=C/C(C)=C/C[C@@H]2O[C@H](C)[C@H](NC(=O)/C=C\[C@H](C)OC(C)=O)C[C@@H]2C)O1. The average molecular weight is 518 g/mol. The number of carbonyl (C=O) groups excluding carboxylic acids is 3. The van der Waals surface area contributed by atoms with E-state index in [1.165, 1.54) is 13.0 Å². The van der Waals surface area contributed by atoms with Crippen LogP contribution >= 0.6 is 0 Å². The summed E-state index contributed by atoms with van der Waals surface area (Å²) in [7, 11) is 0. The lowest BCUT2D eigenvalue weighted by molar-refractivity contribution is -0.143. The Morgan fingerprint density at radius 1 is 1.11 bits per heavy atom. The van der Waals surface area contributed by atoms with E-state index in [2.05, 4.69) is 37.4 Å². The van der Waals surface area contributed by atoms with Crippen LogP contribution in [0.5, 0.6) is 0 Å². The van der Waals surface area contributed by atoms with Gasteiger partial charge in [-0.25, -0.2) is 0 Å². The highest BCUT2D eigenvalue weighted by molar-refractivity contribution is 5.87. The summed E-state index contributed by atoms with van der Waals surface area (Å²) in [5.74, 6) is -0.183. The molecule has 0 bridgehead atoms. The number of carbonyl (C=O) groups is 3. The zero-order valence-corrected chi connectivity index (χ0v) is 23.0. The molecule has 0 unspecified atom stereocenters. The van der Waals surface area contributed by atoms with Crippen molar-refractivity contribution in [1.29, 1.82) is 0 Å². The molecule has 3 fully saturated rings. The van der Waals surface area contributed by atoms with Crippen LogP contribution in [0.3, 0.4) is 0 Å². The number of rotatable bonds is 10. The molecule has 3 heterocycles. The monoisotopic (exact) mass is 517 g/mol. The number of hydrogen-bond donors (Lipinski definition) is 1. The van der Waals surface area contributed by atoms with E-state index < -0.39 is 6.10 Å². The van der Waals surface area contributed by atoms with Crippen molar-refractivity contribution in [2.75, 3.05) is 6.61 Å². The third kappa shape index (κ3) is 9.51. The number of hydrogen-bond acceptors (Lipinski definition) is 7. The second-order valence-corrected chi connectivity index (χ2v) is 11.0. The number of esters is 1. The van der Waals surface area contributed by atoms with Crippen molar-refractivity contribution in [2.45, 2.75) is 116 Å². The number of ether oxygens (including phenoxy) is 4. The molecule has 3 aliphatic heterocycles. The first kappa shape index (κ1) is 29.3. The Morgan fingerprint density at radius 3 is 2.49 bits per heavy atom. The molecule has 3 rings (SSSR count). The molecule has 0 aromatic rings. The molecule has 206 valence electrons. The molecule has 0 aromatic carbocycles. The lowest BCUT2D eigenvalue weighted by Gasteiger charge is -2.39. The van der Waals surface area contributed by atoms with Gasteiger partial charge in [0.1, 0.15) is 11.9 Å². The minimum atomic E-state index is -0.453. The number of nitrogens with one attached hydrogen (secondary N) is 1. The fourth-order valence-corrected chi connectivity index (χ4v) is 5.20. The Kier molecular flexibility index (Phi) is 10.3. The van der Waals surface area contributed by atoms with E-state index in [9.17, 15) is 14.4 Å². The number of allylic oxidation sites excluding steroid dienone is 2. The normalized spacial score (nSPS) is 35.0. The molecule has 8 heteroatoms. The fourth-order valence-electron chi connectivity index (χ4n) is 5.20. The van der Waals surface area contributed by atoms with Gasteiger partial charge in [-0.1, -0.05) is 30.7 Å². The molecule has 0 aromatic heterocycles. The molecule has 1 N–H and O–H groups in total. The van der Waals surface area contributed by atoms with Gasteiger partial charge in [0.2, 0.25) is 5.91 Å². The van der Waals surface area contributed by atoms with E-state index in [0.29, 0.717) is 6.42 Å². The van der Waals surface area contributed by atoms with Crippen LogP contribution in [0, 0.1) is 5.92 Å². The van der Waals surface area contributed by atoms with Gasteiger partial charge in [-0.2, -0.15) is 0 Å². The van der Waals surface area contributed by atoms with Crippen LogP contribution < -0.4 is 5.32 Å². The van der Waals surface area contributed by atoms with Gasteiger partial charge in [0.05, 0.1) is 42.7 Å². The highest BCUT2D eigenvalue weighted by atomic mass is 16.6. The number of ketones is 1. The topological polar surface area (TPSA) is 103 Å². The molecule has 8 atom stereocenters. The van der Waals surface area contributed by atoms with Crippen molar-refractivity contribution in [3.8, 4) is 0 Å². The molecular formula is C29H43NO7. The second kappa shape index (κ2) is 13.0.